The average Bonchev–Trinajstić information content (AvgIpc) is 2.49. The number of rotatable bonds is 5. The number of hydrogen-bond donors (Lipinski definition) is 2. The van der Waals surface area contributed by atoms with Crippen LogP contribution in [0.2, 0.25) is 0 Å². The number of carbonyl (C=O) groups excluding carboxylic acids is 1. The van der Waals surface area contributed by atoms with Gasteiger partial charge in [0.1, 0.15) is 5.82 Å². The van der Waals surface area contributed by atoms with E-state index >= 15 is 0 Å². The molecule has 2 rings (SSSR count). The Morgan fingerprint density at radius 3 is 2.43 bits per heavy atom. The molecular weight excluding hydrogens is 267 g/mol. The topological polar surface area (TPSA) is 55.1 Å². The number of hydrogen-bond acceptors (Lipinski definition) is 2. The Balaban J connectivity index is 2.09. The van der Waals surface area contributed by atoms with Crippen molar-refractivity contribution in [3.63, 3.8) is 0 Å². The van der Waals surface area contributed by atoms with Crippen molar-refractivity contribution in [1.29, 1.82) is 0 Å². The fourth-order valence-corrected chi connectivity index (χ4v) is 2.25. The number of carbonyl (C=O) groups is 1. The molecule has 0 heterocycles. The molecule has 0 aromatic heterocycles. The van der Waals surface area contributed by atoms with Gasteiger partial charge in [-0.1, -0.05) is 42.5 Å². The average molecular weight is 286 g/mol. The molecule has 2 aromatic carbocycles. The second kappa shape index (κ2) is 6.99. The summed E-state index contributed by atoms with van der Waals surface area (Å²) in [5, 5.41) is 2.89. The van der Waals surface area contributed by atoms with Gasteiger partial charge in [-0.25, -0.2) is 4.39 Å². The van der Waals surface area contributed by atoms with Crippen LogP contribution in [0.4, 0.5) is 4.39 Å². The summed E-state index contributed by atoms with van der Waals surface area (Å²) in [6, 6.07) is 15.3. The first-order valence-electron chi connectivity index (χ1n) is 6.92. The van der Waals surface area contributed by atoms with Gasteiger partial charge in [0.15, 0.2) is 0 Å². The van der Waals surface area contributed by atoms with Crippen molar-refractivity contribution in [3.05, 3.63) is 71.5 Å². The third-order valence-electron chi connectivity index (χ3n) is 3.46. The number of amides is 1. The lowest BCUT2D eigenvalue weighted by Crippen LogP contribution is -2.35. The van der Waals surface area contributed by atoms with Gasteiger partial charge in [0.25, 0.3) is 0 Å². The van der Waals surface area contributed by atoms with Gasteiger partial charge >= 0.3 is 0 Å². The molecule has 2 atom stereocenters. The maximum Gasteiger partial charge on any atom is 0.229 e. The summed E-state index contributed by atoms with van der Waals surface area (Å²) in [7, 11) is 0. The highest BCUT2D eigenvalue weighted by Gasteiger charge is 2.20. The maximum absolute atomic E-state index is 13.2. The van der Waals surface area contributed by atoms with Gasteiger partial charge in [-0.2, -0.15) is 0 Å². The van der Waals surface area contributed by atoms with Gasteiger partial charge in [0.05, 0.1) is 12.0 Å². The van der Waals surface area contributed by atoms with Crippen LogP contribution in [-0.2, 0) is 4.79 Å². The van der Waals surface area contributed by atoms with Gasteiger partial charge in [-0.15, -0.1) is 0 Å². The van der Waals surface area contributed by atoms with Crippen LogP contribution in [0.1, 0.15) is 30.0 Å². The standard InChI is InChI=1S/C17H19FN2O/c1-12(14-8-5-9-15(18)10-14)20-17(21)16(11-19)13-6-3-2-4-7-13/h2-10,12,16H,11,19H2,1H3,(H,20,21)/t12-,16?/m1/s1. The summed E-state index contributed by atoms with van der Waals surface area (Å²) in [6.07, 6.45) is 0. The second-order valence-corrected chi connectivity index (χ2v) is 4.98. The van der Waals surface area contributed by atoms with Crippen LogP contribution in [0.5, 0.6) is 0 Å². The fourth-order valence-electron chi connectivity index (χ4n) is 2.25. The lowest BCUT2D eigenvalue weighted by atomic mass is 9.97. The molecule has 0 aliphatic carbocycles. The SMILES string of the molecule is C[C@@H](NC(=O)C(CN)c1ccccc1)c1cccc(F)c1. The van der Waals surface area contributed by atoms with Gasteiger partial charge in [-0.05, 0) is 30.2 Å². The number of halogens is 1. The molecule has 1 amide bonds. The summed E-state index contributed by atoms with van der Waals surface area (Å²) in [6.45, 7) is 2.05. The van der Waals surface area contributed by atoms with E-state index in [4.69, 9.17) is 5.73 Å². The first-order chi connectivity index (χ1) is 10.1. The molecule has 0 fully saturated rings. The normalized spacial score (nSPS) is 13.5. The first-order valence-corrected chi connectivity index (χ1v) is 6.92. The largest absolute Gasteiger partial charge is 0.349 e. The van der Waals surface area contributed by atoms with Crippen molar-refractivity contribution in [2.45, 2.75) is 18.9 Å². The summed E-state index contributed by atoms with van der Waals surface area (Å²) < 4.78 is 13.2. The Hall–Kier alpha value is -2.20. The summed E-state index contributed by atoms with van der Waals surface area (Å²) in [4.78, 5) is 12.4. The van der Waals surface area contributed by atoms with Crippen molar-refractivity contribution < 1.29 is 9.18 Å². The molecule has 0 saturated carbocycles. The number of nitrogens with one attached hydrogen (secondary N) is 1. The molecule has 0 radical (unpaired) electrons. The molecule has 1 unspecified atom stereocenters. The second-order valence-electron chi connectivity index (χ2n) is 4.98. The zero-order valence-electron chi connectivity index (χ0n) is 11.9. The zero-order valence-corrected chi connectivity index (χ0v) is 11.9. The van der Waals surface area contributed by atoms with Crippen LogP contribution in [0, 0.1) is 5.82 Å². The van der Waals surface area contributed by atoms with Crippen molar-refractivity contribution in [1.82, 2.24) is 5.32 Å². The predicted octanol–water partition coefficient (Wildman–Crippen LogP) is 2.75. The minimum absolute atomic E-state index is 0.152. The quantitative estimate of drug-likeness (QED) is 0.888. The molecule has 2 aromatic rings. The van der Waals surface area contributed by atoms with E-state index in [1.165, 1.54) is 12.1 Å². The molecule has 0 spiro atoms. The summed E-state index contributed by atoms with van der Waals surface area (Å²) in [5.41, 5.74) is 7.33. The van der Waals surface area contributed by atoms with Crippen LogP contribution in [0.15, 0.2) is 54.6 Å². The molecule has 0 aliphatic heterocycles. The van der Waals surface area contributed by atoms with E-state index in [2.05, 4.69) is 5.32 Å². The van der Waals surface area contributed by atoms with Crippen LogP contribution in [-0.4, -0.2) is 12.5 Å². The van der Waals surface area contributed by atoms with Crippen LogP contribution in [0.25, 0.3) is 0 Å². The van der Waals surface area contributed by atoms with Crippen molar-refractivity contribution in [2.24, 2.45) is 5.73 Å². The Morgan fingerprint density at radius 1 is 1.14 bits per heavy atom. The molecular formula is C17H19FN2O. The summed E-state index contributed by atoms with van der Waals surface area (Å²) >= 11 is 0. The van der Waals surface area contributed by atoms with E-state index in [-0.39, 0.29) is 24.3 Å². The third-order valence-corrected chi connectivity index (χ3v) is 3.46. The van der Waals surface area contributed by atoms with E-state index in [9.17, 15) is 9.18 Å². The van der Waals surface area contributed by atoms with Gasteiger partial charge in [0.2, 0.25) is 5.91 Å². The Morgan fingerprint density at radius 2 is 1.81 bits per heavy atom. The Bertz CT molecular complexity index is 601. The van der Waals surface area contributed by atoms with E-state index in [1.54, 1.807) is 12.1 Å². The molecule has 0 aliphatic rings. The summed E-state index contributed by atoms with van der Waals surface area (Å²) in [5.74, 6) is -0.866. The monoisotopic (exact) mass is 286 g/mol. The van der Waals surface area contributed by atoms with Crippen molar-refractivity contribution in [3.8, 4) is 0 Å². The smallest absolute Gasteiger partial charge is 0.229 e. The maximum atomic E-state index is 13.2. The molecule has 4 heteroatoms. The molecule has 3 N–H and O–H groups in total. The highest BCUT2D eigenvalue weighted by atomic mass is 19.1. The van der Waals surface area contributed by atoms with Crippen LogP contribution >= 0.6 is 0 Å². The number of nitrogens with two attached hydrogens (primary N) is 1. The van der Waals surface area contributed by atoms with Crippen molar-refractivity contribution >= 4 is 5.91 Å². The number of benzene rings is 2. The zero-order chi connectivity index (χ0) is 15.2. The Kier molecular flexibility index (Phi) is 5.06. The Labute approximate surface area is 124 Å². The van der Waals surface area contributed by atoms with Crippen molar-refractivity contribution in [2.75, 3.05) is 6.54 Å². The van der Waals surface area contributed by atoms with Crippen LogP contribution in [0.3, 0.4) is 0 Å². The van der Waals surface area contributed by atoms with E-state index in [0.717, 1.165) is 11.1 Å². The molecule has 0 saturated heterocycles. The van der Waals surface area contributed by atoms with Gasteiger partial charge in [-0.3, -0.25) is 4.79 Å². The highest BCUT2D eigenvalue weighted by molar-refractivity contribution is 5.84. The first kappa shape index (κ1) is 15.2. The van der Waals surface area contributed by atoms with E-state index < -0.39 is 5.92 Å². The molecule has 110 valence electrons. The predicted molar refractivity (Wildman–Crippen MR) is 81.2 cm³/mol. The molecule has 3 nitrogen and oxygen atoms in total. The lowest BCUT2D eigenvalue weighted by molar-refractivity contribution is -0.123. The van der Waals surface area contributed by atoms with E-state index in [0.29, 0.717) is 0 Å². The fraction of sp³-hybridized carbons (Fsp3) is 0.235. The van der Waals surface area contributed by atoms with Gasteiger partial charge in [0, 0.05) is 6.54 Å². The highest BCUT2D eigenvalue weighted by Crippen LogP contribution is 2.18. The van der Waals surface area contributed by atoms with E-state index in [1.807, 2.05) is 37.3 Å². The minimum Gasteiger partial charge on any atom is -0.349 e. The lowest BCUT2D eigenvalue weighted by Gasteiger charge is -2.20. The third kappa shape index (κ3) is 3.89. The van der Waals surface area contributed by atoms with Gasteiger partial charge < -0.3 is 11.1 Å². The molecule has 21 heavy (non-hydrogen) atoms. The van der Waals surface area contributed by atoms with Crippen LogP contribution < -0.4 is 11.1 Å². The minimum atomic E-state index is -0.401. The molecule has 0 bridgehead atoms.